The highest BCUT2D eigenvalue weighted by Gasteiger charge is 2.40. The van der Waals surface area contributed by atoms with E-state index in [0.29, 0.717) is 25.6 Å². The second kappa shape index (κ2) is 7.54. The molecule has 0 saturated carbocycles. The topological polar surface area (TPSA) is 92.5 Å². The van der Waals surface area contributed by atoms with Crippen LogP contribution in [0.3, 0.4) is 0 Å². The third-order valence-corrected chi connectivity index (χ3v) is 7.57. The van der Waals surface area contributed by atoms with Crippen molar-refractivity contribution in [3.8, 4) is 5.82 Å². The molecule has 8 nitrogen and oxygen atoms in total. The molecule has 1 N–H and O–H groups in total. The number of pyridine rings is 1. The maximum Gasteiger partial charge on any atom is 0.193 e. The van der Waals surface area contributed by atoms with Crippen LogP contribution in [0.15, 0.2) is 29.4 Å². The summed E-state index contributed by atoms with van der Waals surface area (Å²) in [6, 6.07) is 5.96. The maximum atomic E-state index is 12.2. The molecular formula is C19H28N6O2S. The summed E-state index contributed by atoms with van der Waals surface area (Å²) in [5.41, 5.74) is 3.01. The zero-order chi connectivity index (χ0) is 20.5. The van der Waals surface area contributed by atoms with E-state index in [2.05, 4.69) is 20.4 Å². The van der Waals surface area contributed by atoms with Gasteiger partial charge in [-0.25, -0.2) is 18.1 Å². The van der Waals surface area contributed by atoms with Gasteiger partial charge in [0.1, 0.15) is 0 Å². The van der Waals surface area contributed by atoms with Gasteiger partial charge in [0.25, 0.3) is 0 Å². The van der Waals surface area contributed by atoms with Gasteiger partial charge in [-0.05, 0) is 45.4 Å². The SMILES string of the molecule is CN=C(NCc1ccc(-n2nc(C)cc2C)nc1)N1CCS(=O)(=O)C(C)(C)C1. The fourth-order valence-corrected chi connectivity index (χ4v) is 4.71. The average Bonchev–Trinajstić information content (AvgIpc) is 2.97. The molecule has 28 heavy (non-hydrogen) atoms. The zero-order valence-corrected chi connectivity index (χ0v) is 17.9. The standard InChI is InChI=1S/C19H28N6O2S/c1-14-10-15(2)25(23-14)17-7-6-16(11-21-17)12-22-18(20-5)24-8-9-28(26,27)19(3,4)13-24/h6-7,10-11H,8-9,12-13H2,1-5H3,(H,20,22). The van der Waals surface area contributed by atoms with Gasteiger partial charge >= 0.3 is 0 Å². The lowest BCUT2D eigenvalue weighted by atomic mass is 10.2. The fraction of sp³-hybridized carbons (Fsp3) is 0.526. The summed E-state index contributed by atoms with van der Waals surface area (Å²) in [4.78, 5) is 10.8. The molecule has 1 saturated heterocycles. The average molecular weight is 405 g/mol. The Kier molecular flexibility index (Phi) is 5.47. The Morgan fingerprint density at radius 1 is 1.32 bits per heavy atom. The number of aryl methyl sites for hydroxylation is 2. The number of hydrogen-bond acceptors (Lipinski definition) is 5. The molecule has 3 heterocycles. The van der Waals surface area contributed by atoms with Crippen molar-refractivity contribution < 1.29 is 8.42 Å². The Hall–Kier alpha value is -2.42. The Morgan fingerprint density at radius 2 is 2.07 bits per heavy atom. The van der Waals surface area contributed by atoms with Crippen molar-refractivity contribution in [1.29, 1.82) is 0 Å². The monoisotopic (exact) mass is 404 g/mol. The molecule has 0 bridgehead atoms. The predicted molar refractivity (Wildman–Crippen MR) is 110 cm³/mol. The van der Waals surface area contributed by atoms with E-state index in [0.717, 1.165) is 22.8 Å². The van der Waals surface area contributed by atoms with Crippen molar-refractivity contribution >= 4 is 15.8 Å². The summed E-state index contributed by atoms with van der Waals surface area (Å²) in [6.07, 6.45) is 1.82. The number of aromatic nitrogens is 3. The summed E-state index contributed by atoms with van der Waals surface area (Å²) in [5.74, 6) is 1.62. The van der Waals surface area contributed by atoms with Crippen LogP contribution < -0.4 is 5.32 Å². The van der Waals surface area contributed by atoms with Crippen LogP contribution in [0.4, 0.5) is 0 Å². The first-order valence-corrected chi connectivity index (χ1v) is 10.9. The summed E-state index contributed by atoms with van der Waals surface area (Å²) in [7, 11) is -1.37. The minimum absolute atomic E-state index is 0.138. The van der Waals surface area contributed by atoms with Gasteiger partial charge in [0, 0.05) is 38.6 Å². The van der Waals surface area contributed by atoms with Gasteiger partial charge in [-0.2, -0.15) is 5.10 Å². The number of aliphatic imine (C=N–C) groups is 1. The molecule has 0 unspecified atom stereocenters. The van der Waals surface area contributed by atoms with Crippen molar-refractivity contribution in [2.24, 2.45) is 4.99 Å². The molecule has 0 amide bonds. The van der Waals surface area contributed by atoms with Gasteiger partial charge in [0.2, 0.25) is 0 Å². The molecule has 0 atom stereocenters. The molecule has 152 valence electrons. The van der Waals surface area contributed by atoms with Gasteiger partial charge in [0.15, 0.2) is 21.6 Å². The van der Waals surface area contributed by atoms with Crippen LogP contribution in [0.1, 0.15) is 30.8 Å². The smallest absolute Gasteiger partial charge is 0.193 e. The number of nitrogens with zero attached hydrogens (tertiary/aromatic N) is 5. The van der Waals surface area contributed by atoms with Crippen molar-refractivity contribution in [2.75, 3.05) is 25.9 Å². The summed E-state index contributed by atoms with van der Waals surface area (Å²) in [6.45, 7) is 8.92. The lowest BCUT2D eigenvalue weighted by Gasteiger charge is -2.39. The maximum absolute atomic E-state index is 12.2. The van der Waals surface area contributed by atoms with E-state index in [-0.39, 0.29) is 5.75 Å². The largest absolute Gasteiger partial charge is 0.352 e. The second-order valence-corrected chi connectivity index (χ2v) is 10.5. The summed E-state index contributed by atoms with van der Waals surface area (Å²) in [5, 5.41) is 7.76. The first kappa shape index (κ1) is 20.3. The van der Waals surface area contributed by atoms with E-state index in [1.165, 1.54) is 0 Å². The summed E-state index contributed by atoms with van der Waals surface area (Å²) >= 11 is 0. The lowest BCUT2D eigenvalue weighted by molar-refractivity contribution is 0.353. The highest BCUT2D eigenvalue weighted by molar-refractivity contribution is 7.92. The highest BCUT2D eigenvalue weighted by atomic mass is 32.2. The Balaban J connectivity index is 1.65. The van der Waals surface area contributed by atoms with E-state index >= 15 is 0 Å². The van der Waals surface area contributed by atoms with Gasteiger partial charge in [-0.3, -0.25) is 4.99 Å². The first-order valence-electron chi connectivity index (χ1n) is 9.29. The molecule has 9 heteroatoms. The van der Waals surface area contributed by atoms with Crippen molar-refractivity contribution in [1.82, 2.24) is 25.0 Å². The molecule has 3 rings (SSSR count). The highest BCUT2D eigenvalue weighted by Crippen LogP contribution is 2.23. The number of nitrogens with one attached hydrogen (secondary N) is 1. The van der Waals surface area contributed by atoms with Gasteiger partial charge < -0.3 is 10.2 Å². The van der Waals surface area contributed by atoms with E-state index < -0.39 is 14.6 Å². The third kappa shape index (κ3) is 4.04. The molecule has 2 aromatic heterocycles. The van der Waals surface area contributed by atoms with Gasteiger partial charge in [0.05, 0.1) is 16.2 Å². The Labute approximate surface area is 166 Å². The van der Waals surface area contributed by atoms with E-state index in [4.69, 9.17) is 0 Å². The van der Waals surface area contributed by atoms with Crippen LogP contribution in [0.5, 0.6) is 0 Å². The van der Waals surface area contributed by atoms with Crippen LogP contribution in [0.2, 0.25) is 0 Å². The first-order chi connectivity index (χ1) is 13.1. The minimum atomic E-state index is -3.08. The van der Waals surface area contributed by atoms with Crippen LogP contribution in [-0.2, 0) is 16.4 Å². The van der Waals surface area contributed by atoms with E-state index in [9.17, 15) is 8.42 Å². The number of guanidine groups is 1. The lowest BCUT2D eigenvalue weighted by Crippen LogP contribution is -2.57. The molecular weight excluding hydrogens is 376 g/mol. The molecule has 2 aromatic rings. The van der Waals surface area contributed by atoms with Crippen LogP contribution in [-0.4, -0.2) is 64.7 Å². The molecule has 1 aliphatic rings. The number of hydrogen-bond donors (Lipinski definition) is 1. The minimum Gasteiger partial charge on any atom is -0.352 e. The molecule has 0 spiro atoms. The molecule has 1 fully saturated rings. The van der Waals surface area contributed by atoms with Crippen molar-refractivity contribution in [3.63, 3.8) is 0 Å². The van der Waals surface area contributed by atoms with E-state index in [1.54, 1.807) is 20.9 Å². The Morgan fingerprint density at radius 3 is 2.61 bits per heavy atom. The van der Waals surface area contributed by atoms with Crippen molar-refractivity contribution in [2.45, 2.75) is 39.0 Å². The van der Waals surface area contributed by atoms with E-state index in [1.807, 2.05) is 47.8 Å². The molecule has 0 radical (unpaired) electrons. The van der Waals surface area contributed by atoms with Crippen LogP contribution >= 0.6 is 0 Å². The Bertz CT molecular complexity index is 976. The van der Waals surface area contributed by atoms with Crippen molar-refractivity contribution in [3.05, 3.63) is 41.3 Å². The van der Waals surface area contributed by atoms with Crippen LogP contribution in [0.25, 0.3) is 5.82 Å². The predicted octanol–water partition coefficient (Wildman–Crippen LogP) is 1.47. The third-order valence-electron chi connectivity index (χ3n) is 5.04. The fourth-order valence-electron chi connectivity index (χ4n) is 3.35. The molecule has 1 aliphatic heterocycles. The molecule has 0 aliphatic carbocycles. The molecule has 0 aromatic carbocycles. The quantitative estimate of drug-likeness (QED) is 0.615. The number of sulfone groups is 1. The van der Waals surface area contributed by atoms with Gasteiger partial charge in [-0.15, -0.1) is 0 Å². The summed E-state index contributed by atoms with van der Waals surface area (Å²) < 4.78 is 25.5. The normalized spacial score (nSPS) is 18.9. The zero-order valence-electron chi connectivity index (χ0n) is 17.1. The second-order valence-electron chi connectivity index (χ2n) is 7.76. The van der Waals surface area contributed by atoms with Crippen LogP contribution in [0, 0.1) is 13.8 Å². The number of rotatable bonds is 3. The van der Waals surface area contributed by atoms with Gasteiger partial charge in [-0.1, -0.05) is 6.07 Å².